The highest BCUT2D eigenvalue weighted by Gasteiger charge is 2.23. The van der Waals surface area contributed by atoms with E-state index in [1.54, 1.807) is 6.92 Å². The van der Waals surface area contributed by atoms with Crippen molar-refractivity contribution in [1.82, 2.24) is 5.16 Å². The van der Waals surface area contributed by atoms with E-state index in [1.807, 2.05) is 72.8 Å². The molecule has 0 bridgehead atoms. The average Bonchev–Trinajstić information content (AvgIpc) is 3.23. The van der Waals surface area contributed by atoms with E-state index in [2.05, 4.69) is 19.0 Å². The van der Waals surface area contributed by atoms with Gasteiger partial charge in [0, 0.05) is 11.6 Å². The minimum atomic E-state index is -0.633. The van der Waals surface area contributed by atoms with Gasteiger partial charge in [-0.15, -0.1) is 0 Å². The Labute approximate surface area is 199 Å². The third-order valence-corrected chi connectivity index (χ3v) is 5.61. The summed E-state index contributed by atoms with van der Waals surface area (Å²) < 4.78 is 18.1. The van der Waals surface area contributed by atoms with Crippen molar-refractivity contribution in [2.75, 3.05) is 0 Å². The fourth-order valence-electron chi connectivity index (χ4n) is 3.74. The maximum Gasteiger partial charge on any atom is 0.271 e. The number of amides is 1. The van der Waals surface area contributed by atoms with Gasteiger partial charge in [-0.3, -0.25) is 4.79 Å². The van der Waals surface area contributed by atoms with Crippen molar-refractivity contribution in [3.63, 3.8) is 0 Å². The van der Waals surface area contributed by atoms with E-state index >= 15 is 0 Å². The molecule has 34 heavy (non-hydrogen) atoms. The Bertz CT molecular complexity index is 1260. The summed E-state index contributed by atoms with van der Waals surface area (Å²) in [5.41, 5.74) is 9.94. The number of carbonyl (C=O) groups excluding carboxylic acids is 1. The summed E-state index contributed by atoms with van der Waals surface area (Å²) in [6.45, 7) is 6.76. The summed E-state index contributed by atoms with van der Waals surface area (Å²) in [6, 6.07) is 23.8. The van der Waals surface area contributed by atoms with Crippen LogP contribution in [0.15, 0.2) is 77.3 Å². The van der Waals surface area contributed by atoms with Gasteiger partial charge in [0.05, 0.1) is 5.56 Å². The van der Waals surface area contributed by atoms with Crippen LogP contribution in [-0.2, 0) is 13.2 Å². The van der Waals surface area contributed by atoms with Crippen LogP contribution in [0.3, 0.4) is 0 Å². The zero-order valence-electron chi connectivity index (χ0n) is 19.6. The Morgan fingerprint density at radius 1 is 0.912 bits per heavy atom. The van der Waals surface area contributed by atoms with Crippen LogP contribution < -0.4 is 15.2 Å². The van der Waals surface area contributed by atoms with E-state index in [0.29, 0.717) is 35.9 Å². The first-order chi connectivity index (χ1) is 16.4. The molecular formula is C28H28N2O4. The molecule has 0 fully saturated rings. The van der Waals surface area contributed by atoms with Crippen LogP contribution in [0, 0.1) is 6.92 Å². The molecule has 0 aliphatic rings. The molecule has 0 spiro atoms. The van der Waals surface area contributed by atoms with E-state index in [-0.39, 0.29) is 11.6 Å². The number of rotatable bonds is 9. The van der Waals surface area contributed by atoms with Gasteiger partial charge in [0.25, 0.3) is 5.91 Å². The van der Waals surface area contributed by atoms with Gasteiger partial charge in [0.1, 0.15) is 24.7 Å². The zero-order valence-corrected chi connectivity index (χ0v) is 19.6. The quantitative estimate of drug-likeness (QED) is 0.332. The lowest BCUT2D eigenvalue weighted by Crippen LogP contribution is -2.12. The monoisotopic (exact) mass is 456 g/mol. The van der Waals surface area contributed by atoms with Gasteiger partial charge in [-0.05, 0) is 35.6 Å². The molecule has 1 aromatic heterocycles. The van der Waals surface area contributed by atoms with Crippen molar-refractivity contribution < 1.29 is 18.8 Å². The smallest absolute Gasteiger partial charge is 0.271 e. The molecule has 3 aromatic carbocycles. The molecule has 2 N–H and O–H groups in total. The van der Waals surface area contributed by atoms with Gasteiger partial charge in [-0.1, -0.05) is 79.7 Å². The SMILES string of the molecule is Cc1c(C(N)=O)noc1-c1cc(C(C)C)c(OCc2ccccc2)cc1OCc1ccccc1. The third-order valence-electron chi connectivity index (χ3n) is 5.61. The topological polar surface area (TPSA) is 87.6 Å². The van der Waals surface area contributed by atoms with Crippen molar-refractivity contribution >= 4 is 5.91 Å². The summed E-state index contributed by atoms with van der Waals surface area (Å²) in [6.07, 6.45) is 0. The Balaban J connectivity index is 1.76. The molecule has 0 unspecified atom stereocenters. The van der Waals surface area contributed by atoms with E-state index < -0.39 is 5.91 Å². The highest BCUT2D eigenvalue weighted by molar-refractivity contribution is 5.94. The molecule has 1 heterocycles. The second-order valence-electron chi connectivity index (χ2n) is 8.44. The normalized spacial score (nSPS) is 10.9. The first kappa shape index (κ1) is 23.1. The first-order valence-corrected chi connectivity index (χ1v) is 11.2. The number of primary amides is 1. The number of hydrogen-bond donors (Lipinski definition) is 1. The van der Waals surface area contributed by atoms with Crippen LogP contribution in [0.2, 0.25) is 0 Å². The van der Waals surface area contributed by atoms with Crippen LogP contribution in [0.1, 0.15) is 52.5 Å². The lowest BCUT2D eigenvalue weighted by molar-refractivity contribution is 0.0991. The number of ether oxygens (including phenoxy) is 2. The lowest BCUT2D eigenvalue weighted by atomic mass is 9.96. The average molecular weight is 457 g/mol. The van der Waals surface area contributed by atoms with Crippen LogP contribution in [0.5, 0.6) is 11.5 Å². The maximum absolute atomic E-state index is 11.8. The molecular weight excluding hydrogens is 428 g/mol. The Morgan fingerprint density at radius 3 is 1.97 bits per heavy atom. The number of carbonyl (C=O) groups is 1. The number of nitrogens with two attached hydrogens (primary N) is 1. The molecule has 0 aliphatic carbocycles. The number of benzene rings is 3. The highest BCUT2D eigenvalue weighted by atomic mass is 16.5. The molecule has 0 saturated carbocycles. The van der Waals surface area contributed by atoms with Crippen molar-refractivity contribution in [2.45, 2.75) is 39.9 Å². The standard InChI is InChI=1S/C28H28N2O4/c1-18(2)22-14-23(27-19(3)26(28(29)31)30-34-27)25(33-17-21-12-8-5-9-13-21)15-24(22)32-16-20-10-6-4-7-11-20/h4-15,18H,16-17H2,1-3H3,(H2,29,31). The van der Waals surface area contributed by atoms with Crippen LogP contribution in [-0.4, -0.2) is 11.1 Å². The molecule has 6 nitrogen and oxygen atoms in total. The lowest BCUT2D eigenvalue weighted by Gasteiger charge is -2.19. The molecule has 0 aliphatic heterocycles. The molecule has 1 amide bonds. The fourth-order valence-corrected chi connectivity index (χ4v) is 3.74. The largest absolute Gasteiger partial charge is 0.488 e. The van der Waals surface area contributed by atoms with Gasteiger partial charge in [0.15, 0.2) is 11.5 Å². The highest BCUT2D eigenvalue weighted by Crippen LogP contribution is 2.41. The fraction of sp³-hybridized carbons (Fsp3) is 0.214. The minimum absolute atomic E-state index is 0.111. The Morgan fingerprint density at radius 2 is 1.47 bits per heavy atom. The van der Waals surface area contributed by atoms with E-state index in [4.69, 9.17) is 19.7 Å². The predicted molar refractivity (Wildman–Crippen MR) is 131 cm³/mol. The second kappa shape index (κ2) is 10.3. The summed E-state index contributed by atoms with van der Waals surface area (Å²) in [5.74, 6) is 1.30. The molecule has 0 radical (unpaired) electrons. The summed E-state index contributed by atoms with van der Waals surface area (Å²) in [7, 11) is 0. The predicted octanol–water partition coefficient (Wildman–Crippen LogP) is 6.03. The summed E-state index contributed by atoms with van der Waals surface area (Å²) >= 11 is 0. The van der Waals surface area contributed by atoms with Crippen molar-refractivity contribution in [3.8, 4) is 22.8 Å². The molecule has 0 saturated heterocycles. The van der Waals surface area contributed by atoms with Crippen molar-refractivity contribution in [1.29, 1.82) is 0 Å². The number of hydrogen-bond acceptors (Lipinski definition) is 5. The minimum Gasteiger partial charge on any atom is -0.488 e. The summed E-state index contributed by atoms with van der Waals surface area (Å²) in [4.78, 5) is 11.8. The molecule has 174 valence electrons. The van der Waals surface area contributed by atoms with Gasteiger partial charge < -0.3 is 19.7 Å². The van der Waals surface area contributed by atoms with Gasteiger partial charge in [0.2, 0.25) is 0 Å². The summed E-state index contributed by atoms with van der Waals surface area (Å²) in [5, 5.41) is 3.89. The first-order valence-electron chi connectivity index (χ1n) is 11.2. The van der Waals surface area contributed by atoms with Gasteiger partial charge in [-0.25, -0.2) is 0 Å². The Kier molecular flexibility index (Phi) is 6.97. The molecule has 0 atom stereocenters. The maximum atomic E-state index is 11.8. The molecule has 4 rings (SSSR count). The van der Waals surface area contributed by atoms with Gasteiger partial charge in [-0.2, -0.15) is 0 Å². The van der Waals surface area contributed by atoms with Crippen LogP contribution in [0.4, 0.5) is 0 Å². The van der Waals surface area contributed by atoms with Crippen molar-refractivity contribution in [3.05, 3.63) is 101 Å². The number of nitrogens with zero attached hydrogens (tertiary/aromatic N) is 1. The Hall–Kier alpha value is -4.06. The zero-order chi connectivity index (χ0) is 24.1. The van der Waals surface area contributed by atoms with Crippen LogP contribution in [0.25, 0.3) is 11.3 Å². The van der Waals surface area contributed by atoms with Gasteiger partial charge >= 0.3 is 0 Å². The van der Waals surface area contributed by atoms with E-state index in [9.17, 15) is 4.79 Å². The molecule has 4 aromatic rings. The van der Waals surface area contributed by atoms with E-state index in [1.165, 1.54) is 0 Å². The van der Waals surface area contributed by atoms with Crippen molar-refractivity contribution in [2.24, 2.45) is 5.73 Å². The van der Waals surface area contributed by atoms with Crippen LogP contribution >= 0.6 is 0 Å². The second-order valence-corrected chi connectivity index (χ2v) is 8.44. The molecule has 6 heteroatoms. The number of aromatic nitrogens is 1. The van der Waals surface area contributed by atoms with E-state index in [0.717, 1.165) is 22.4 Å². The third kappa shape index (κ3) is 5.12.